The number of fused-ring (bicyclic) bond motifs is 2. The lowest BCUT2D eigenvalue weighted by molar-refractivity contribution is -0.115. The van der Waals surface area contributed by atoms with Crippen LogP contribution in [0.4, 0.5) is 5.82 Å². The summed E-state index contributed by atoms with van der Waals surface area (Å²) in [6, 6.07) is 10.1. The zero-order valence-electron chi connectivity index (χ0n) is 17.1. The van der Waals surface area contributed by atoms with Crippen molar-refractivity contribution >= 4 is 39.6 Å². The summed E-state index contributed by atoms with van der Waals surface area (Å²) in [5, 5.41) is 20.7. The Morgan fingerprint density at radius 2 is 2.19 bits per heavy atom. The number of hydrogen-bond acceptors (Lipinski definition) is 7. The predicted octanol–water partition coefficient (Wildman–Crippen LogP) is 3.50. The predicted molar refractivity (Wildman–Crippen MR) is 121 cm³/mol. The lowest BCUT2D eigenvalue weighted by Crippen LogP contribution is -2.25. The zero-order chi connectivity index (χ0) is 21.5. The average Bonchev–Trinajstić information content (AvgIpc) is 3.46. The summed E-state index contributed by atoms with van der Waals surface area (Å²) in [6.45, 7) is 5.56. The van der Waals surface area contributed by atoms with Crippen molar-refractivity contribution in [1.82, 2.24) is 19.7 Å². The molecule has 1 amide bonds. The van der Waals surface area contributed by atoms with Crippen LogP contribution in [0.1, 0.15) is 23.1 Å². The Balaban J connectivity index is 1.47. The standard InChI is InChI=1S/C22H19N7OS/c1-13-4-3-5-17-14(2)8-18(26-20(13)17)29-21(15(10-23)11-25-29)27-19(30)9-16-12-31-22-24-6-7-28(16)22/h3-5,8,11-12H,6-7,9H2,1-2H3,(H,27,30). The molecule has 31 heavy (non-hydrogen) atoms. The molecule has 2 aliphatic heterocycles. The van der Waals surface area contributed by atoms with E-state index in [4.69, 9.17) is 4.98 Å². The number of carbonyl (C=O) groups excluding carboxylic acids is 1. The number of rotatable bonds is 4. The van der Waals surface area contributed by atoms with Crippen LogP contribution in [0.5, 0.6) is 0 Å². The number of nitriles is 1. The van der Waals surface area contributed by atoms with E-state index in [0.29, 0.717) is 11.6 Å². The molecule has 2 aromatic heterocycles. The Morgan fingerprint density at radius 3 is 3.03 bits per heavy atom. The molecule has 2 aliphatic rings. The molecule has 9 heteroatoms. The number of aliphatic imine (C=N–C) groups is 1. The van der Waals surface area contributed by atoms with Crippen LogP contribution >= 0.6 is 11.8 Å². The molecular formula is C22H19N7OS. The quantitative estimate of drug-likeness (QED) is 0.681. The number of pyridine rings is 1. The first-order chi connectivity index (χ1) is 15.0. The maximum absolute atomic E-state index is 12.8. The highest BCUT2D eigenvalue weighted by Gasteiger charge is 2.28. The highest BCUT2D eigenvalue weighted by Crippen LogP contribution is 2.31. The fourth-order valence-electron chi connectivity index (χ4n) is 3.83. The number of aryl methyl sites for hydroxylation is 2. The topological polar surface area (TPSA) is 99.2 Å². The Bertz CT molecular complexity index is 1330. The van der Waals surface area contributed by atoms with Crippen LogP contribution in [-0.2, 0) is 4.79 Å². The maximum Gasteiger partial charge on any atom is 0.231 e. The minimum atomic E-state index is -0.216. The van der Waals surface area contributed by atoms with Gasteiger partial charge in [-0.25, -0.2) is 4.98 Å². The summed E-state index contributed by atoms with van der Waals surface area (Å²) >= 11 is 1.54. The van der Waals surface area contributed by atoms with Crippen LogP contribution in [0.3, 0.4) is 0 Å². The Labute approximate surface area is 183 Å². The minimum absolute atomic E-state index is 0.200. The highest BCUT2D eigenvalue weighted by atomic mass is 32.2. The molecule has 0 aliphatic carbocycles. The fourth-order valence-corrected chi connectivity index (χ4v) is 4.79. The third-order valence-corrected chi connectivity index (χ3v) is 6.34. The molecule has 0 radical (unpaired) electrons. The van der Waals surface area contributed by atoms with E-state index in [9.17, 15) is 10.1 Å². The SMILES string of the molecule is Cc1cc(-n2ncc(C#N)c2NC(=O)CC2=CSC3=NCCN23)nc2c(C)cccc12. The highest BCUT2D eigenvalue weighted by molar-refractivity contribution is 8.16. The Hall–Kier alpha value is -3.64. The number of aromatic nitrogens is 3. The van der Waals surface area contributed by atoms with E-state index in [-0.39, 0.29) is 17.9 Å². The van der Waals surface area contributed by atoms with Crippen molar-refractivity contribution in [2.24, 2.45) is 4.99 Å². The molecule has 5 rings (SSSR count). The van der Waals surface area contributed by atoms with Crippen molar-refractivity contribution in [2.45, 2.75) is 20.3 Å². The van der Waals surface area contributed by atoms with Gasteiger partial charge in [-0.2, -0.15) is 15.0 Å². The third-order valence-electron chi connectivity index (χ3n) is 5.39. The van der Waals surface area contributed by atoms with Crippen molar-refractivity contribution in [1.29, 1.82) is 5.26 Å². The van der Waals surface area contributed by atoms with Crippen LogP contribution in [-0.4, -0.2) is 43.8 Å². The molecule has 3 aromatic rings. The first-order valence-electron chi connectivity index (χ1n) is 9.88. The van der Waals surface area contributed by atoms with Gasteiger partial charge in [0, 0.05) is 17.6 Å². The molecule has 0 saturated heterocycles. The van der Waals surface area contributed by atoms with Crippen molar-refractivity contribution in [3.63, 3.8) is 0 Å². The summed E-state index contributed by atoms with van der Waals surface area (Å²) in [6.07, 6.45) is 1.65. The van der Waals surface area contributed by atoms with Gasteiger partial charge in [0.15, 0.2) is 16.8 Å². The van der Waals surface area contributed by atoms with Crippen LogP contribution in [0.2, 0.25) is 0 Å². The van der Waals surface area contributed by atoms with E-state index in [2.05, 4.69) is 26.4 Å². The molecule has 8 nitrogen and oxygen atoms in total. The van der Waals surface area contributed by atoms with E-state index in [0.717, 1.165) is 46.0 Å². The molecule has 0 bridgehead atoms. The fraction of sp³-hybridized carbons (Fsp3) is 0.227. The molecule has 1 N–H and O–H groups in total. The van der Waals surface area contributed by atoms with E-state index in [1.54, 1.807) is 0 Å². The largest absolute Gasteiger partial charge is 0.322 e. The van der Waals surface area contributed by atoms with E-state index < -0.39 is 0 Å². The van der Waals surface area contributed by atoms with Gasteiger partial charge < -0.3 is 10.2 Å². The first-order valence-corrected chi connectivity index (χ1v) is 10.8. The van der Waals surface area contributed by atoms with Gasteiger partial charge in [0.2, 0.25) is 5.91 Å². The number of amides is 1. The van der Waals surface area contributed by atoms with Crippen molar-refractivity contribution in [2.75, 3.05) is 18.4 Å². The Morgan fingerprint density at radius 1 is 1.32 bits per heavy atom. The lowest BCUT2D eigenvalue weighted by atomic mass is 10.1. The maximum atomic E-state index is 12.8. The Kier molecular flexibility index (Phi) is 4.71. The van der Waals surface area contributed by atoms with Crippen LogP contribution in [0.25, 0.3) is 16.7 Å². The third kappa shape index (κ3) is 3.35. The normalized spacial score (nSPS) is 14.9. The van der Waals surface area contributed by atoms with Crippen LogP contribution < -0.4 is 5.32 Å². The number of nitrogens with zero attached hydrogens (tertiary/aromatic N) is 6. The summed E-state index contributed by atoms with van der Waals surface area (Å²) < 4.78 is 1.52. The van der Waals surface area contributed by atoms with Gasteiger partial charge >= 0.3 is 0 Å². The van der Waals surface area contributed by atoms with Gasteiger partial charge in [-0.1, -0.05) is 30.0 Å². The summed E-state index contributed by atoms with van der Waals surface area (Å²) in [7, 11) is 0. The van der Waals surface area contributed by atoms with Crippen LogP contribution in [0.15, 0.2) is 46.6 Å². The van der Waals surface area contributed by atoms with E-state index in [1.165, 1.54) is 22.6 Å². The van der Waals surface area contributed by atoms with Gasteiger partial charge in [0.05, 0.1) is 24.7 Å². The average molecular weight is 430 g/mol. The lowest BCUT2D eigenvalue weighted by Gasteiger charge is -2.16. The summed E-state index contributed by atoms with van der Waals surface area (Å²) in [5.41, 5.74) is 4.17. The number of amidine groups is 1. The number of carbonyl (C=O) groups is 1. The second kappa shape index (κ2) is 7.56. The molecule has 0 unspecified atom stereocenters. The zero-order valence-corrected chi connectivity index (χ0v) is 17.9. The molecule has 0 saturated carbocycles. The molecule has 0 atom stereocenters. The van der Waals surface area contributed by atoms with Crippen molar-refractivity contribution in [3.05, 3.63) is 58.3 Å². The van der Waals surface area contributed by atoms with Crippen LogP contribution in [0, 0.1) is 25.2 Å². The number of hydrogen-bond donors (Lipinski definition) is 1. The molecule has 4 heterocycles. The minimum Gasteiger partial charge on any atom is -0.322 e. The monoisotopic (exact) mass is 429 g/mol. The van der Waals surface area contributed by atoms with Crippen molar-refractivity contribution in [3.8, 4) is 11.9 Å². The summed E-state index contributed by atoms with van der Waals surface area (Å²) in [5.74, 6) is 0.668. The molecule has 1 aromatic carbocycles. The molecular weight excluding hydrogens is 410 g/mol. The second-order valence-corrected chi connectivity index (χ2v) is 8.30. The number of benzene rings is 1. The van der Waals surface area contributed by atoms with Gasteiger partial charge in [0.1, 0.15) is 11.6 Å². The first kappa shape index (κ1) is 19.3. The van der Waals surface area contributed by atoms with Gasteiger partial charge in [-0.15, -0.1) is 0 Å². The van der Waals surface area contributed by atoms with Crippen molar-refractivity contribution < 1.29 is 4.79 Å². The molecule has 0 spiro atoms. The number of anilines is 1. The molecule has 154 valence electrons. The van der Waals surface area contributed by atoms with Gasteiger partial charge in [-0.3, -0.25) is 9.79 Å². The number of thioether (sulfide) groups is 1. The second-order valence-electron chi connectivity index (χ2n) is 7.47. The van der Waals surface area contributed by atoms with E-state index in [1.807, 2.05) is 43.5 Å². The number of nitrogens with one attached hydrogen (secondary N) is 1. The smallest absolute Gasteiger partial charge is 0.231 e. The van der Waals surface area contributed by atoms with E-state index >= 15 is 0 Å². The summed E-state index contributed by atoms with van der Waals surface area (Å²) in [4.78, 5) is 24.1. The van der Waals surface area contributed by atoms with Gasteiger partial charge in [-0.05, 0) is 36.4 Å². The number of para-hydroxylation sites is 1. The molecule has 0 fully saturated rings. The van der Waals surface area contributed by atoms with Gasteiger partial charge in [0.25, 0.3) is 0 Å².